The van der Waals surface area contributed by atoms with Crippen molar-refractivity contribution in [3.8, 4) is 5.75 Å². The van der Waals surface area contributed by atoms with E-state index in [1.165, 1.54) is 19.1 Å². The van der Waals surface area contributed by atoms with Crippen LogP contribution in [0.1, 0.15) is 28.4 Å². The van der Waals surface area contributed by atoms with Crippen LogP contribution in [-0.2, 0) is 5.54 Å². The van der Waals surface area contributed by atoms with Crippen LogP contribution in [0.15, 0.2) is 53.5 Å². The van der Waals surface area contributed by atoms with E-state index in [4.69, 9.17) is 5.73 Å². The molecule has 5 nitrogen and oxygen atoms in total. The van der Waals surface area contributed by atoms with Gasteiger partial charge in [0.1, 0.15) is 11.3 Å². The summed E-state index contributed by atoms with van der Waals surface area (Å²) in [6.07, 6.45) is 0. The van der Waals surface area contributed by atoms with Crippen molar-refractivity contribution in [1.82, 2.24) is 4.90 Å². The Morgan fingerprint density at radius 3 is 2.46 bits per heavy atom. The molecule has 1 atom stereocenters. The van der Waals surface area contributed by atoms with Crippen molar-refractivity contribution in [2.45, 2.75) is 19.1 Å². The number of carbonyl (C=O) groups excluding carboxylic acids is 1. The van der Waals surface area contributed by atoms with Crippen LogP contribution in [0.25, 0.3) is 0 Å². The van der Waals surface area contributed by atoms with Crippen molar-refractivity contribution in [3.63, 3.8) is 0 Å². The molecule has 0 radical (unpaired) electrons. The van der Waals surface area contributed by atoms with Crippen molar-refractivity contribution in [2.24, 2.45) is 10.7 Å². The van der Waals surface area contributed by atoms with Gasteiger partial charge in [-0.2, -0.15) is 8.78 Å². The summed E-state index contributed by atoms with van der Waals surface area (Å²) >= 11 is 0. The molecule has 3 rings (SSSR count). The first-order valence-corrected chi connectivity index (χ1v) is 8.05. The molecule has 2 aromatic carbocycles. The summed E-state index contributed by atoms with van der Waals surface area (Å²) in [6.45, 7) is -0.913. The normalized spacial score (nSPS) is 19.6. The fourth-order valence-electron chi connectivity index (χ4n) is 3.13. The lowest BCUT2D eigenvalue weighted by Crippen LogP contribution is -2.34. The van der Waals surface area contributed by atoms with Crippen molar-refractivity contribution < 1.29 is 18.3 Å². The number of benzene rings is 2. The smallest absolute Gasteiger partial charge is 0.387 e. The zero-order chi connectivity index (χ0) is 18.9. The summed E-state index contributed by atoms with van der Waals surface area (Å²) in [5.74, 6) is 0.386. The Labute approximate surface area is 150 Å². The molecule has 1 aliphatic heterocycles. The number of nitrogens with two attached hydrogens (primary N) is 1. The van der Waals surface area contributed by atoms with Crippen molar-refractivity contribution in [1.29, 1.82) is 0 Å². The third-order valence-electron chi connectivity index (χ3n) is 4.47. The van der Waals surface area contributed by atoms with E-state index in [0.29, 0.717) is 18.1 Å². The molecule has 0 saturated carbocycles. The maximum Gasteiger partial charge on any atom is 0.387 e. The molecule has 7 heteroatoms. The lowest BCUT2D eigenvalue weighted by atomic mass is 9.82. The average molecular weight is 359 g/mol. The Bertz CT molecular complexity index is 852. The molecule has 0 aliphatic carbocycles. The molecule has 0 saturated heterocycles. The van der Waals surface area contributed by atoms with E-state index in [2.05, 4.69) is 9.73 Å². The van der Waals surface area contributed by atoms with Gasteiger partial charge in [0.25, 0.3) is 0 Å². The lowest BCUT2D eigenvalue weighted by molar-refractivity contribution is -0.0498. The number of halogens is 2. The van der Waals surface area contributed by atoms with Crippen LogP contribution in [0.4, 0.5) is 8.78 Å². The molecule has 1 aliphatic rings. The number of hydrogen-bond acceptors (Lipinski definition) is 5. The van der Waals surface area contributed by atoms with Gasteiger partial charge >= 0.3 is 6.61 Å². The van der Waals surface area contributed by atoms with Gasteiger partial charge < -0.3 is 15.4 Å². The summed E-state index contributed by atoms with van der Waals surface area (Å²) < 4.78 is 29.2. The second-order valence-corrected chi connectivity index (χ2v) is 6.23. The van der Waals surface area contributed by atoms with E-state index in [0.717, 1.165) is 11.1 Å². The van der Waals surface area contributed by atoms with Crippen molar-refractivity contribution in [3.05, 3.63) is 65.2 Å². The molecule has 0 spiro atoms. The van der Waals surface area contributed by atoms with Crippen LogP contribution in [0.5, 0.6) is 5.75 Å². The third-order valence-corrected chi connectivity index (χ3v) is 4.47. The largest absolute Gasteiger partial charge is 0.435 e. The van der Waals surface area contributed by atoms with Crippen LogP contribution >= 0.6 is 0 Å². The van der Waals surface area contributed by atoms with Gasteiger partial charge in [0.2, 0.25) is 0 Å². The molecule has 1 heterocycles. The number of Topliss-reactive ketones (excluding diaryl/α,β-unsaturated/α-hetero) is 1. The summed E-state index contributed by atoms with van der Waals surface area (Å²) in [6, 6.07) is 13.5. The van der Waals surface area contributed by atoms with Crippen molar-refractivity contribution >= 4 is 11.7 Å². The molecule has 136 valence electrons. The number of aliphatic imine (C=N–C) groups is 1. The van der Waals surface area contributed by atoms with Gasteiger partial charge in [-0.05, 0) is 36.2 Å². The molecule has 26 heavy (non-hydrogen) atoms. The molecular weight excluding hydrogens is 340 g/mol. The molecule has 0 fully saturated rings. The van der Waals surface area contributed by atoms with Crippen LogP contribution in [0, 0.1) is 0 Å². The van der Waals surface area contributed by atoms with E-state index in [9.17, 15) is 13.6 Å². The highest BCUT2D eigenvalue weighted by atomic mass is 19.3. The van der Waals surface area contributed by atoms with Crippen LogP contribution < -0.4 is 10.5 Å². The van der Waals surface area contributed by atoms with Crippen LogP contribution in [0.2, 0.25) is 0 Å². The highest BCUT2D eigenvalue weighted by Crippen LogP contribution is 2.39. The molecule has 0 amide bonds. The Kier molecular flexibility index (Phi) is 4.63. The number of nitrogens with zero attached hydrogens (tertiary/aromatic N) is 2. The van der Waals surface area contributed by atoms with Gasteiger partial charge in [-0.25, -0.2) is 4.99 Å². The Morgan fingerprint density at radius 1 is 1.23 bits per heavy atom. The SMILES string of the molecule is CC(=O)c1cccc(C2(c3ccc(OC(F)F)cc3)CN(C)C(N)=N2)c1. The van der Waals surface area contributed by atoms with Crippen molar-refractivity contribution in [2.75, 3.05) is 13.6 Å². The summed E-state index contributed by atoms with van der Waals surface area (Å²) in [4.78, 5) is 18.2. The van der Waals surface area contributed by atoms with Crippen LogP contribution in [0.3, 0.4) is 0 Å². The highest BCUT2D eigenvalue weighted by molar-refractivity contribution is 5.94. The zero-order valence-corrected chi connectivity index (χ0v) is 14.4. The van der Waals surface area contributed by atoms with Gasteiger partial charge in [0, 0.05) is 12.6 Å². The Balaban J connectivity index is 2.09. The average Bonchev–Trinajstić information content (AvgIpc) is 2.91. The fourth-order valence-corrected chi connectivity index (χ4v) is 3.13. The monoisotopic (exact) mass is 359 g/mol. The third kappa shape index (κ3) is 3.24. The molecular formula is C19H19F2N3O2. The summed E-state index contributed by atoms with van der Waals surface area (Å²) in [7, 11) is 1.82. The first kappa shape index (κ1) is 17.8. The predicted molar refractivity (Wildman–Crippen MR) is 94.6 cm³/mol. The molecule has 0 aromatic heterocycles. The maximum atomic E-state index is 12.4. The van der Waals surface area contributed by atoms with E-state index < -0.39 is 12.2 Å². The van der Waals surface area contributed by atoms with E-state index in [-0.39, 0.29) is 11.5 Å². The standard InChI is InChI=1S/C19H19F2N3O2/c1-12(25)13-4-3-5-15(10-13)19(11-24(2)18(22)23-19)14-6-8-16(9-7-14)26-17(20)21/h3-10,17H,11H2,1-2H3,(H2,22,23). The number of alkyl halides is 2. The maximum absolute atomic E-state index is 12.4. The fraction of sp³-hybridized carbons (Fsp3) is 0.263. The number of ether oxygens (including phenoxy) is 1. The second kappa shape index (κ2) is 6.74. The predicted octanol–water partition coefficient (Wildman–Crippen LogP) is 2.99. The number of hydrogen-bond donors (Lipinski definition) is 1. The highest BCUT2D eigenvalue weighted by Gasteiger charge is 2.41. The van der Waals surface area contributed by atoms with Gasteiger partial charge in [0.15, 0.2) is 11.7 Å². The molecule has 0 bridgehead atoms. The van der Waals surface area contributed by atoms with Crippen LogP contribution in [-0.4, -0.2) is 36.8 Å². The minimum atomic E-state index is -2.88. The molecule has 1 unspecified atom stereocenters. The zero-order valence-electron chi connectivity index (χ0n) is 14.4. The number of likely N-dealkylation sites (N-methyl/N-ethyl adjacent to an activating group) is 1. The first-order chi connectivity index (χ1) is 12.3. The number of rotatable bonds is 5. The minimum Gasteiger partial charge on any atom is -0.435 e. The summed E-state index contributed by atoms with van der Waals surface area (Å²) in [5, 5.41) is 0. The van der Waals surface area contributed by atoms with Gasteiger partial charge in [-0.3, -0.25) is 4.79 Å². The lowest BCUT2D eigenvalue weighted by Gasteiger charge is -2.28. The number of guanidine groups is 1. The molecule has 2 N–H and O–H groups in total. The summed E-state index contributed by atoms with van der Waals surface area (Å²) in [5.41, 5.74) is 7.33. The van der Waals surface area contributed by atoms with Gasteiger partial charge in [-0.1, -0.05) is 30.3 Å². The second-order valence-electron chi connectivity index (χ2n) is 6.23. The number of carbonyl (C=O) groups is 1. The Hall–Kier alpha value is -2.96. The number of ketones is 1. The topological polar surface area (TPSA) is 67.9 Å². The molecule has 2 aromatic rings. The van der Waals surface area contributed by atoms with Gasteiger partial charge in [0.05, 0.1) is 6.54 Å². The quantitative estimate of drug-likeness (QED) is 0.834. The van der Waals surface area contributed by atoms with E-state index in [1.807, 2.05) is 18.0 Å². The van der Waals surface area contributed by atoms with E-state index >= 15 is 0 Å². The first-order valence-electron chi connectivity index (χ1n) is 8.05. The Morgan fingerprint density at radius 2 is 1.92 bits per heavy atom. The van der Waals surface area contributed by atoms with E-state index in [1.54, 1.807) is 30.3 Å². The minimum absolute atomic E-state index is 0.0500. The van der Waals surface area contributed by atoms with Gasteiger partial charge in [-0.15, -0.1) is 0 Å².